The Morgan fingerprint density at radius 1 is 1.11 bits per heavy atom. The maximum atomic E-state index is 12.1. The van der Waals surface area contributed by atoms with Crippen LogP contribution in [0.3, 0.4) is 0 Å². The molecule has 1 amide bonds. The molecule has 0 atom stereocenters. The van der Waals surface area contributed by atoms with E-state index in [1.165, 1.54) is 0 Å². The molecule has 27 heavy (non-hydrogen) atoms. The van der Waals surface area contributed by atoms with E-state index in [0.717, 1.165) is 22.8 Å². The Balaban J connectivity index is 1.58. The Hall–Kier alpha value is -3.12. The molecule has 0 fully saturated rings. The zero-order valence-electron chi connectivity index (χ0n) is 14.9. The summed E-state index contributed by atoms with van der Waals surface area (Å²) in [6, 6.07) is 18.7. The van der Waals surface area contributed by atoms with Crippen LogP contribution < -0.4 is 15.4 Å². The normalized spacial score (nSPS) is 10.4. The number of nitrogens with one attached hydrogen (secondary N) is 2. The van der Waals surface area contributed by atoms with E-state index < -0.39 is 0 Å². The van der Waals surface area contributed by atoms with E-state index >= 15 is 0 Å². The summed E-state index contributed by atoms with van der Waals surface area (Å²) in [7, 11) is 0. The number of ether oxygens (including phenoxy) is 1. The number of carbonyl (C=O) groups excluding carboxylic acids is 1. The van der Waals surface area contributed by atoms with E-state index in [4.69, 9.17) is 17.0 Å². The maximum Gasteiger partial charge on any atom is 0.264 e. The van der Waals surface area contributed by atoms with Gasteiger partial charge in [0.15, 0.2) is 11.7 Å². The van der Waals surface area contributed by atoms with Gasteiger partial charge in [-0.3, -0.25) is 10.1 Å². The van der Waals surface area contributed by atoms with Crippen LogP contribution in [0.25, 0.3) is 10.8 Å². The number of thiocarbonyl (C=S) groups is 1. The lowest BCUT2D eigenvalue weighted by Crippen LogP contribution is -2.37. The largest absolute Gasteiger partial charge is 0.506 e. The minimum absolute atomic E-state index is 0.0656. The fourth-order valence-electron chi connectivity index (χ4n) is 2.68. The van der Waals surface area contributed by atoms with Gasteiger partial charge in [0.25, 0.3) is 5.91 Å². The van der Waals surface area contributed by atoms with Crippen LogP contribution in [0.1, 0.15) is 12.5 Å². The molecule has 0 heterocycles. The molecule has 0 saturated carbocycles. The zero-order valence-corrected chi connectivity index (χ0v) is 15.7. The van der Waals surface area contributed by atoms with Gasteiger partial charge in [0, 0.05) is 5.39 Å². The zero-order chi connectivity index (χ0) is 19.2. The highest BCUT2D eigenvalue weighted by Gasteiger charge is 2.10. The molecule has 0 unspecified atom stereocenters. The van der Waals surface area contributed by atoms with Crippen LogP contribution in [0.15, 0.2) is 60.7 Å². The molecule has 0 aromatic heterocycles. The van der Waals surface area contributed by atoms with Gasteiger partial charge in [0.2, 0.25) is 0 Å². The number of phenols is 1. The summed E-state index contributed by atoms with van der Waals surface area (Å²) in [6.07, 6.45) is 0.826. The number of hydrogen-bond donors (Lipinski definition) is 3. The number of fused-ring (bicyclic) bond motifs is 1. The molecule has 0 saturated heterocycles. The number of hydrogen-bond acceptors (Lipinski definition) is 4. The molecule has 0 radical (unpaired) electrons. The minimum Gasteiger partial charge on any atom is -0.506 e. The molecule has 5 nitrogen and oxygen atoms in total. The van der Waals surface area contributed by atoms with Gasteiger partial charge in [-0.1, -0.05) is 49.4 Å². The van der Waals surface area contributed by atoms with Crippen LogP contribution in [0.2, 0.25) is 0 Å². The maximum absolute atomic E-state index is 12.1. The minimum atomic E-state index is -0.383. The molecule has 0 bridgehead atoms. The first-order valence-corrected chi connectivity index (χ1v) is 9.01. The van der Waals surface area contributed by atoms with Crippen LogP contribution in [0.5, 0.6) is 11.5 Å². The summed E-state index contributed by atoms with van der Waals surface area (Å²) in [5.41, 5.74) is 1.50. The van der Waals surface area contributed by atoms with Gasteiger partial charge in [0.1, 0.15) is 11.5 Å². The number of benzene rings is 3. The van der Waals surface area contributed by atoms with Gasteiger partial charge in [0.05, 0.1) is 5.69 Å². The molecular weight excluding hydrogens is 360 g/mol. The average Bonchev–Trinajstić information content (AvgIpc) is 2.68. The predicted molar refractivity (Wildman–Crippen MR) is 111 cm³/mol. The van der Waals surface area contributed by atoms with Crippen LogP contribution in [-0.4, -0.2) is 22.7 Å². The van der Waals surface area contributed by atoms with Crippen molar-refractivity contribution in [3.05, 3.63) is 66.2 Å². The molecule has 138 valence electrons. The number of amides is 1. The lowest BCUT2D eigenvalue weighted by Gasteiger charge is -2.13. The second-order valence-corrected chi connectivity index (χ2v) is 6.38. The van der Waals surface area contributed by atoms with E-state index in [1.807, 2.05) is 55.5 Å². The van der Waals surface area contributed by atoms with Crippen molar-refractivity contribution in [1.82, 2.24) is 5.32 Å². The van der Waals surface area contributed by atoms with Crippen molar-refractivity contribution in [3.63, 3.8) is 0 Å². The van der Waals surface area contributed by atoms with E-state index in [-0.39, 0.29) is 23.4 Å². The first-order valence-electron chi connectivity index (χ1n) is 8.60. The van der Waals surface area contributed by atoms with Crippen molar-refractivity contribution in [2.24, 2.45) is 0 Å². The highest BCUT2D eigenvalue weighted by atomic mass is 32.1. The highest BCUT2D eigenvalue weighted by Crippen LogP contribution is 2.25. The number of phenolic OH excluding ortho intramolecular Hbond substituents is 1. The third-order valence-corrected chi connectivity index (χ3v) is 4.28. The van der Waals surface area contributed by atoms with Crippen molar-refractivity contribution >= 4 is 39.7 Å². The first-order chi connectivity index (χ1) is 13.1. The SMILES string of the molecule is CCc1ccc(O)c(NC(=S)NC(=O)COc2cccc3ccccc23)c1. The van der Waals surface area contributed by atoms with Crippen LogP contribution in [0.4, 0.5) is 5.69 Å². The van der Waals surface area contributed by atoms with E-state index in [9.17, 15) is 9.90 Å². The van der Waals surface area contributed by atoms with Crippen LogP contribution in [0, 0.1) is 0 Å². The lowest BCUT2D eigenvalue weighted by atomic mass is 10.1. The monoisotopic (exact) mass is 380 g/mol. The van der Waals surface area contributed by atoms with Crippen molar-refractivity contribution in [2.45, 2.75) is 13.3 Å². The van der Waals surface area contributed by atoms with Gasteiger partial charge >= 0.3 is 0 Å². The molecule has 3 N–H and O–H groups in total. The van der Waals surface area contributed by atoms with E-state index in [1.54, 1.807) is 12.1 Å². The quantitative estimate of drug-likeness (QED) is 0.461. The molecule has 3 aromatic rings. The Labute approximate surface area is 163 Å². The summed E-state index contributed by atoms with van der Waals surface area (Å²) in [4.78, 5) is 12.1. The summed E-state index contributed by atoms with van der Waals surface area (Å²) >= 11 is 5.15. The van der Waals surface area contributed by atoms with Gasteiger partial charge in [-0.2, -0.15) is 0 Å². The summed E-state index contributed by atoms with van der Waals surface area (Å²) in [5, 5.41) is 17.4. The molecule has 3 rings (SSSR count). The summed E-state index contributed by atoms with van der Waals surface area (Å²) in [6.45, 7) is 1.84. The summed E-state index contributed by atoms with van der Waals surface area (Å²) in [5.74, 6) is 0.317. The van der Waals surface area contributed by atoms with Crippen molar-refractivity contribution in [3.8, 4) is 11.5 Å². The van der Waals surface area contributed by atoms with Gasteiger partial charge in [-0.15, -0.1) is 0 Å². The van der Waals surface area contributed by atoms with E-state index in [0.29, 0.717) is 11.4 Å². The van der Waals surface area contributed by atoms with Crippen LogP contribution in [-0.2, 0) is 11.2 Å². The Morgan fingerprint density at radius 3 is 2.70 bits per heavy atom. The smallest absolute Gasteiger partial charge is 0.264 e. The fourth-order valence-corrected chi connectivity index (χ4v) is 2.91. The number of aryl methyl sites for hydroxylation is 1. The van der Waals surface area contributed by atoms with Gasteiger partial charge < -0.3 is 15.2 Å². The Kier molecular flexibility index (Phi) is 5.88. The molecule has 0 spiro atoms. The van der Waals surface area contributed by atoms with Gasteiger partial charge in [-0.05, 0) is 47.8 Å². The lowest BCUT2D eigenvalue weighted by molar-refractivity contribution is -0.121. The van der Waals surface area contributed by atoms with Crippen molar-refractivity contribution in [2.75, 3.05) is 11.9 Å². The van der Waals surface area contributed by atoms with Gasteiger partial charge in [-0.25, -0.2) is 0 Å². The molecule has 3 aromatic carbocycles. The number of rotatable bonds is 5. The molecule has 6 heteroatoms. The topological polar surface area (TPSA) is 70.6 Å². The first kappa shape index (κ1) is 18.7. The average molecular weight is 380 g/mol. The number of aromatic hydroxyl groups is 1. The van der Waals surface area contributed by atoms with Crippen molar-refractivity contribution in [1.29, 1.82) is 0 Å². The molecule has 0 aliphatic heterocycles. The second kappa shape index (κ2) is 8.51. The Bertz CT molecular complexity index is 983. The Morgan fingerprint density at radius 2 is 1.89 bits per heavy atom. The molecular formula is C21H20N2O3S. The van der Waals surface area contributed by atoms with Crippen molar-refractivity contribution < 1.29 is 14.6 Å². The highest BCUT2D eigenvalue weighted by molar-refractivity contribution is 7.80. The molecule has 0 aliphatic carbocycles. The van der Waals surface area contributed by atoms with Crippen LogP contribution >= 0.6 is 12.2 Å². The molecule has 0 aliphatic rings. The summed E-state index contributed by atoms with van der Waals surface area (Å²) < 4.78 is 5.64. The standard InChI is InChI=1S/C21H20N2O3S/c1-2-14-10-11-18(24)17(12-14)22-21(27)23-20(25)13-26-19-9-5-7-15-6-3-4-8-16(15)19/h3-12,24H,2,13H2,1H3,(H2,22,23,25,27). The van der Waals surface area contributed by atoms with E-state index in [2.05, 4.69) is 10.6 Å². The number of carbonyl (C=O) groups is 1. The fraction of sp³-hybridized carbons (Fsp3) is 0.143. The third-order valence-electron chi connectivity index (χ3n) is 4.08. The second-order valence-electron chi connectivity index (χ2n) is 5.97. The predicted octanol–water partition coefficient (Wildman–Crippen LogP) is 4.00. The number of anilines is 1. The third kappa shape index (κ3) is 4.74.